The molecule has 3 N–H and O–H groups in total. The fraction of sp³-hybridized carbons (Fsp3) is 0.261. The number of rotatable bonds is 10. The van der Waals surface area contributed by atoms with Crippen molar-refractivity contribution >= 4 is 32.9 Å². The topological polar surface area (TPSA) is 136 Å². The van der Waals surface area contributed by atoms with Crippen LogP contribution in [-0.4, -0.2) is 59.3 Å². The Hall–Kier alpha value is -3.70. The average Bonchev–Trinajstić information content (AvgIpc) is 2.84. The minimum atomic E-state index is -4.19. The summed E-state index contributed by atoms with van der Waals surface area (Å²) in [5.74, 6) is -0.199. The van der Waals surface area contributed by atoms with Crippen LogP contribution in [0.5, 0.6) is 5.75 Å². The van der Waals surface area contributed by atoms with E-state index in [1.807, 2.05) is 29.0 Å². The molecule has 0 saturated carbocycles. The van der Waals surface area contributed by atoms with E-state index in [4.69, 9.17) is 9.47 Å². The molecule has 3 amide bonds. The summed E-state index contributed by atoms with van der Waals surface area (Å²) >= 11 is 0. The standard InChI is InChI=1S/C23H26N4O6S/c1-24-23(29)27-34(30,31)21-13-16(7-8-20(21)33-12-11-32-2)9-10-25-22(28)18-14-17-5-3-4-6-19(17)26-15-18/h3-8,13-15H,9-12H2,1-2H3,(H,25,28)(H2,24,27,29). The monoisotopic (exact) mass is 486 g/mol. The van der Waals surface area contributed by atoms with Gasteiger partial charge in [0.25, 0.3) is 15.9 Å². The van der Waals surface area contributed by atoms with Crippen molar-refractivity contribution in [1.82, 2.24) is 20.3 Å². The third-order valence-electron chi connectivity index (χ3n) is 4.85. The van der Waals surface area contributed by atoms with E-state index in [1.165, 1.54) is 32.5 Å². The number of amides is 3. The molecule has 1 aromatic heterocycles. The Kier molecular flexibility index (Phi) is 8.39. The maximum atomic E-state index is 12.7. The van der Waals surface area contributed by atoms with Gasteiger partial charge in [-0.15, -0.1) is 0 Å². The predicted octanol–water partition coefficient (Wildman–Crippen LogP) is 1.85. The van der Waals surface area contributed by atoms with Crippen molar-refractivity contribution < 1.29 is 27.5 Å². The number of nitrogens with one attached hydrogen (secondary N) is 3. The molecule has 0 bridgehead atoms. The van der Waals surface area contributed by atoms with Crippen LogP contribution in [0.3, 0.4) is 0 Å². The van der Waals surface area contributed by atoms with Gasteiger partial charge in [-0.25, -0.2) is 17.9 Å². The Morgan fingerprint density at radius 3 is 2.62 bits per heavy atom. The Morgan fingerprint density at radius 1 is 1.06 bits per heavy atom. The molecular weight excluding hydrogens is 460 g/mol. The molecule has 10 nitrogen and oxygen atoms in total. The molecule has 0 atom stereocenters. The highest BCUT2D eigenvalue weighted by atomic mass is 32.2. The number of urea groups is 1. The van der Waals surface area contributed by atoms with Gasteiger partial charge in [-0.1, -0.05) is 24.3 Å². The van der Waals surface area contributed by atoms with Crippen molar-refractivity contribution in [3.8, 4) is 5.75 Å². The number of para-hydroxylation sites is 1. The number of methoxy groups -OCH3 is 1. The zero-order chi connectivity index (χ0) is 24.6. The average molecular weight is 487 g/mol. The van der Waals surface area contributed by atoms with Gasteiger partial charge in [-0.05, 0) is 36.2 Å². The summed E-state index contributed by atoms with van der Waals surface area (Å²) in [6, 6.07) is 13.0. The first-order chi connectivity index (χ1) is 16.3. The molecule has 0 spiro atoms. The molecule has 0 aliphatic rings. The number of aromatic nitrogens is 1. The zero-order valence-corrected chi connectivity index (χ0v) is 19.6. The summed E-state index contributed by atoms with van der Waals surface area (Å²) in [4.78, 5) is 28.2. The Balaban J connectivity index is 1.71. The minimum absolute atomic E-state index is 0.0866. The molecule has 11 heteroatoms. The minimum Gasteiger partial charge on any atom is -0.490 e. The van der Waals surface area contributed by atoms with Crippen molar-refractivity contribution in [2.75, 3.05) is 33.9 Å². The largest absolute Gasteiger partial charge is 0.490 e. The highest BCUT2D eigenvalue weighted by molar-refractivity contribution is 7.90. The van der Waals surface area contributed by atoms with Gasteiger partial charge in [0, 0.05) is 32.3 Å². The van der Waals surface area contributed by atoms with E-state index in [0.29, 0.717) is 17.5 Å². The normalized spacial score (nSPS) is 11.1. The van der Waals surface area contributed by atoms with Crippen LogP contribution in [0.1, 0.15) is 15.9 Å². The lowest BCUT2D eigenvalue weighted by atomic mass is 10.1. The molecule has 3 aromatic rings. The lowest BCUT2D eigenvalue weighted by Gasteiger charge is -2.14. The zero-order valence-electron chi connectivity index (χ0n) is 18.8. The van der Waals surface area contributed by atoms with Gasteiger partial charge >= 0.3 is 6.03 Å². The number of carbonyl (C=O) groups excluding carboxylic acids is 2. The summed E-state index contributed by atoms with van der Waals surface area (Å²) in [6.45, 7) is 0.659. The van der Waals surface area contributed by atoms with Crippen molar-refractivity contribution in [3.63, 3.8) is 0 Å². The Morgan fingerprint density at radius 2 is 1.85 bits per heavy atom. The number of ether oxygens (including phenoxy) is 2. The number of hydrogen-bond acceptors (Lipinski definition) is 7. The Labute approximate surface area is 197 Å². The van der Waals surface area contributed by atoms with E-state index in [1.54, 1.807) is 12.1 Å². The molecule has 0 aliphatic heterocycles. The van der Waals surface area contributed by atoms with Crippen LogP contribution in [0.2, 0.25) is 0 Å². The van der Waals surface area contributed by atoms with Gasteiger partial charge in [0.2, 0.25) is 0 Å². The molecule has 0 aliphatic carbocycles. The molecule has 1 heterocycles. The van der Waals surface area contributed by atoms with Crippen LogP contribution in [0.4, 0.5) is 4.79 Å². The Bertz CT molecular complexity index is 1280. The van der Waals surface area contributed by atoms with E-state index in [0.717, 1.165) is 10.9 Å². The summed E-state index contributed by atoms with van der Waals surface area (Å²) in [7, 11) is -1.38. The molecule has 34 heavy (non-hydrogen) atoms. The van der Waals surface area contributed by atoms with E-state index in [9.17, 15) is 18.0 Å². The van der Waals surface area contributed by atoms with Crippen molar-refractivity contribution in [2.24, 2.45) is 0 Å². The van der Waals surface area contributed by atoms with E-state index in [-0.39, 0.29) is 36.3 Å². The molecule has 3 rings (SSSR count). The number of nitrogens with zero attached hydrogens (tertiary/aromatic N) is 1. The number of sulfonamides is 1. The lowest BCUT2D eigenvalue weighted by molar-refractivity contribution is 0.0954. The second-order valence-corrected chi connectivity index (χ2v) is 8.88. The highest BCUT2D eigenvalue weighted by Crippen LogP contribution is 2.25. The first-order valence-corrected chi connectivity index (χ1v) is 11.9. The van der Waals surface area contributed by atoms with Crippen LogP contribution in [0.25, 0.3) is 10.9 Å². The number of pyridine rings is 1. The third-order valence-corrected chi connectivity index (χ3v) is 6.20. The van der Waals surface area contributed by atoms with Crippen LogP contribution in [0, 0.1) is 0 Å². The molecule has 0 unspecified atom stereocenters. The lowest BCUT2D eigenvalue weighted by Crippen LogP contribution is -2.37. The summed E-state index contributed by atoms with van der Waals surface area (Å²) in [5.41, 5.74) is 1.86. The molecule has 2 aromatic carbocycles. The highest BCUT2D eigenvalue weighted by Gasteiger charge is 2.22. The fourth-order valence-corrected chi connectivity index (χ4v) is 4.27. The molecule has 0 saturated heterocycles. The van der Waals surface area contributed by atoms with Gasteiger partial charge in [0.15, 0.2) is 0 Å². The number of fused-ring (bicyclic) bond motifs is 1. The van der Waals surface area contributed by atoms with Crippen LogP contribution in [-0.2, 0) is 21.2 Å². The van der Waals surface area contributed by atoms with Gasteiger partial charge < -0.3 is 20.1 Å². The van der Waals surface area contributed by atoms with Crippen molar-refractivity contribution in [2.45, 2.75) is 11.3 Å². The molecule has 0 radical (unpaired) electrons. The summed E-state index contributed by atoms with van der Waals surface area (Å²) in [6.07, 6.45) is 1.87. The van der Waals surface area contributed by atoms with Crippen LogP contribution < -0.4 is 20.1 Å². The number of benzene rings is 2. The van der Waals surface area contributed by atoms with Crippen molar-refractivity contribution in [3.05, 3.63) is 65.9 Å². The van der Waals surface area contributed by atoms with Gasteiger partial charge in [-0.3, -0.25) is 9.78 Å². The van der Waals surface area contributed by atoms with E-state index >= 15 is 0 Å². The van der Waals surface area contributed by atoms with E-state index < -0.39 is 16.1 Å². The summed E-state index contributed by atoms with van der Waals surface area (Å²) < 4.78 is 37.8. The van der Waals surface area contributed by atoms with Crippen LogP contribution >= 0.6 is 0 Å². The van der Waals surface area contributed by atoms with Gasteiger partial charge in [-0.2, -0.15) is 0 Å². The van der Waals surface area contributed by atoms with Crippen LogP contribution in [0.15, 0.2) is 59.6 Å². The fourth-order valence-electron chi connectivity index (χ4n) is 3.12. The smallest absolute Gasteiger partial charge is 0.328 e. The maximum Gasteiger partial charge on any atom is 0.328 e. The third kappa shape index (κ3) is 6.42. The SMILES string of the molecule is CNC(=O)NS(=O)(=O)c1cc(CCNC(=O)c2cnc3ccccc3c2)ccc1OCCOC. The van der Waals surface area contributed by atoms with Gasteiger partial charge in [0.1, 0.15) is 17.3 Å². The maximum absolute atomic E-state index is 12.7. The number of hydrogen-bond donors (Lipinski definition) is 3. The van der Waals surface area contributed by atoms with E-state index in [2.05, 4.69) is 15.6 Å². The molecule has 0 fully saturated rings. The first-order valence-electron chi connectivity index (χ1n) is 10.5. The second-order valence-electron chi connectivity index (χ2n) is 7.23. The predicted molar refractivity (Wildman–Crippen MR) is 126 cm³/mol. The van der Waals surface area contributed by atoms with Gasteiger partial charge in [0.05, 0.1) is 17.7 Å². The first kappa shape index (κ1) is 24.9. The summed E-state index contributed by atoms with van der Waals surface area (Å²) in [5, 5.41) is 5.88. The molecule has 180 valence electrons. The second kappa shape index (κ2) is 11.4. The molecular formula is C23H26N4O6S. The quantitative estimate of drug-likeness (QED) is 0.372. The van der Waals surface area contributed by atoms with Crippen molar-refractivity contribution in [1.29, 1.82) is 0 Å². The number of carbonyl (C=O) groups is 2.